The van der Waals surface area contributed by atoms with E-state index in [4.69, 9.17) is 32.7 Å². The lowest BCUT2D eigenvalue weighted by Gasteiger charge is -2.21. The Balaban J connectivity index is 1.43. The number of carbonyl (C=O) groups excluding carboxylic acids is 1. The van der Waals surface area contributed by atoms with Crippen LogP contribution in [-0.2, 0) is 29.1 Å². The maximum absolute atomic E-state index is 12.3. The van der Waals surface area contributed by atoms with Gasteiger partial charge in [0.15, 0.2) is 16.7 Å². The first-order valence-electron chi connectivity index (χ1n) is 14.8. The molecule has 4 rings (SSSR count). The Hall–Kier alpha value is -5.67. The van der Waals surface area contributed by atoms with Gasteiger partial charge in [-0.3, -0.25) is 0 Å². The molecule has 48 heavy (non-hydrogen) atoms. The van der Waals surface area contributed by atoms with Crippen LogP contribution in [0.5, 0.6) is 5.75 Å². The van der Waals surface area contributed by atoms with Crippen LogP contribution in [0.25, 0.3) is 11.1 Å². The van der Waals surface area contributed by atoms with Crippen molar-refractivity contribution >= 4 is 29.6 Å². The number of halogens is 1. The first-order chi connectivity index (χ1) is 23.0. The molecule has 16 heteroatoms. The van der Waals surface area contributed by atoms with E-state index in [2.05, 4.69) is 14.9 Å². The molecule has 0 radical (unpaired) electrons. The lowest BCUT2D eigenvalue weighted by atomic mass is 9.98. The summed E-state index contributed by atoms with van der Waals surface area (Å²) in [6.45, 7) is 3.54. The largest absolute Gasteiger partial charge is 0.515 e. The molecule has 0 saturated carbocycles. The smallest absolute Gasteiger partial charge is 0.476 e. The number of hydrogen-bond donors (Lipinski definition) is 3. The zero-order valence-corrected chi connectivity index (χ0v) is 26.9. The van der Waals surface area contributed by atoms with Crippen LogP contribution in [0.4, 0.5) is 4.79 Å². The molecule has 1 heterocycles. The normalized spacial score (nSPS) is 11.9. The summed E-state index contributed by atoms with van der Waals surface area (Å²) < 4.78 is 12.0. The van der Waals surface area contributed by atoms with Crippen LogP contribution in [0, 0.1) is 10.1 Å². The SMILES string of the molecule is CCCCc1nc(Cl)c(C(=O)O)n1Cc1ccc(-c2ccccc2/C(N)=N/N(N)C(C)OC(=O)Oc2ccc(CO[N+](=O)[O-])cc2)cc1. The molecule has 252 valence electrons. The molecule has 1 aromatic heterocycles. The predicted molar refractivity (Wildman–Crippen MR) is 175 cm³/mol. The topological polar surface area (TPSA) is 211 Å². The average molecular weight is 680 g/mol. The van der Waals surface area contributed by atoms with Crippen molar-refractivity contribution in [3.05, 3.63) is 116 Å². The summed E-state index contributed by atoms with van der Waals surface area (Å²) in [4.78, 5) is 43.2. The highest BCUT2D eigenvalue weighted by atomic mass is 35.5. The Bertz CT molecular complexity index is 1780. The van der Waals surface area contributed by atoms with Gasteiger partial charge in [-0.15, -0.1) is 15.2 Å². The molecule has 0 aliphatic carbocycles. The number of nitrogens with two attached hydrogens (primary N) is 2. The van der Waals surface area contributed by atoms with E-state index in [9.17, 15) is 24.8 Å². The first kappa shape index (κ1) is 35.2. The van der Waals surface area contributed by atoms with Crippen LogP contribution in [0.15, 0.2) is 77.9 Å². The summed E-state index contributed by atoms with van der Waals surface area (Å²) in [6.07, 6.45) is 0.243. The minimum Gasteiger partial charge on any atom is -0.476 e. The number of unbranched alkanes of at least 4 members (excludes halogenated alkanes) is 1. The molecule has 15 nitrogen and oxygen atoms in total. The van der Waals surface area contributed by atoms with Crippen LogP contribution in [0.2, 0.25) is 5.15 Å². The molecule has 0 bridgehead atoms. The number of carboxylic acid groups (broad SMARTS) is 1. The fourth-order valence-electron chi connectivity index (χ4n) is 4.65. The minimum atomic E-state index is -1.14. The maximum atomic E-state index is 12.3. The Morgan fingerprint density at radius 1 is 1.10 bits per heavy atom. The molecule has 4 aromatic rings. The van der Waals surface area contributed by atoms with Crippen molar-refractivity contribution in [2.24, 2.45) is 16.7 Å². The average Bonchev–Trinajstić information content (AvgIpc) is 3.37. The molecular formula is C32H34ClN7O8. The molecule has 0 spiro atoms. The first-order valence-corrected chi connectivity index (χ1v) is 15.1. The number of hydrazine groups is 1. The van der Waals surface area contributed by atoms with Crippen molar-refractivity contribution in [3.63, 3.8) is 0 Å². The van der Waals surface area contributed by atoms with Gasteiger partial charge in [0.05, 0.1) is 0 Å². The Kier molecular flexibility index (Phi) is 11.9. The van der Waals surface area contributed by atoms with E-state index in [1.54, 1.807) is 16.7 Å². The van der Waals surface area contributed by atoms with Crippen molar-refractivity contribution in [2.45, 2.75) is 52.5 Å². The zero-order chi connectivity index (χ0) is 34.8. The molecule has 0 aliphatic rings. The van der Waals surface area contributed by atoms with Gasteiger partial charge in [0.25, 0.3) is 5.09 Å². The van der Waals surface area contributed by atoms with Crippen molar-refractivity contribution in [3.8, 4) is 16.9 Å². The number of aromatic carboxylic acids is 1. The van der Waals surface area contributed by atoms with Crippen LogP contribution >= 0.6 is 11.6 Å². The van der Waals surface area contributed by atoms with Crippen LogP contribution in [0.1, 0.15) is 59.7 Å². The van der Waals surface area contributed by atoms with E-state index in [1.165, 1.54) is 31.2 Å². The van der Waals surface area contributed by atoms with Gasteiger partial charge in [0.1, 0.15) is 18.2 Å². The standard InChI is InChI=1S/C32H34ClN7O8/c1-3-4-9-27-36-29(33)28(31(41)42)38(27)18-21-10-14-23(15-11-21)25-7-5-6-8-26(25)30(34)37-39(35)20(2)47-32(43)48-24-16-12-22(13-17-24)19-46-40(44)45/h5-8,10-17,20H,3-4,9,18-19,35H2,1-2H3,(H2,34,37)(H,41,42). The molecule has 1 atom stereocenters. The van der Waals surface area contributed by atoms with E-state index < -0.39 is 23.4 Å². The van der Waals surface area contributed by atoms with Crippen LogP contribution in [0.3, 0.4) is 0 Å². The summed E-state index contributed by atoms with van der Waals surface area (Å²) in [7, 11) is 0. The number of amidine groups is 1. The number of carbonyl (C=O) groups is 2. The quantitative estimate of drug-likeness (QED) is 0.0212. The number of imidazole rings is 1. The minimum absolute atomic E-state index is 0.0333. The lowest BCUT2D eigenvalue weighted by molar-refractivity contribution is -0.763. The summed E-state index contributed by atoms with van der Waals surface area (Å²) in [5.74, 6) is 5.70. The molecule has 0 amide bonds. The highest BCUT2D eigenvalue weighted by Gasteiger charge is 2.22. The summed E-state index contributed by atoms with van der Waals surface area (Å²) in [5, 5.41) is 24.2. The molecule has 1 unspecified atom stereocenters. The van der Waals surface area contributed by atoms with E-state index in [0.29, 0.717) is 23.4 Å². The lowest BCUT2D eigenvalue weighted by Crippen LogP contribution is -2.40. The van der Waals surface area contributed by atoms with Crippen LogP contribution < -0.4 is 16.3 Å². The Labute approximate surface area is 280 Å². The maximum Gasteiger partial charge on any atom is 0.515 e. The number of aryl methyl sites for hydroxylation is 1. The second-order valence-corrected chi connectivity index (χ2v) is 10.8. The second kappa shape index (κ2) is 16.2. The molecule has 0 saturated heterocycles. The van der Waals surface area contributed by atoms with Crippen molar-refractivity contribution < 1.29 is 34.1 Å². The summed E-state index contributed by atoms with van der Waals surface area (Å²) >= 11 is 6.18. The van der Waals surface area contributed by atoms with Gasteiger partial charge in [-0.05, 0) is 47.7 Å². The van der Waals surface area contributed by atoms with E-state index in [-0.39, 0.29) is 35.6 Å². The third kappa shape index (κ3) is 9.20. The summed E-state index contributed by atoms with van der Waals surface area (Å²) in [5.41, 5.74) is 9.77. The van der Waals surface area contributed by atoms with Gasteiger partial charge >= 0.3 is 12.1 Å². The van der Waals surface area contributed by atoms with Gasteiger partial charge in [0, 0.05) is 18.5 Å². The monoisotopic (exact) mass is 679 g/mol. The Morgan fingerprint density at radius 3 is 2.42 bits per heavy atom. The van der Waals surface area contributed by atoms with E-state index in [1.807, 2.05) is 43.3 Å². The third-order valence-electron chi connectivity index (χ3n) is 7.09. The van der Waals surface area contributed by atoms with Crippen molar-refractivity contribution in [1.29, 1.82) is 0 Å². The predicted octanol–water partition coefficient (Wildman–Crippen LogP) is 5.36. The number of hydrazone groups is 1. The fraction of sp³-hybridized carbons (Fsp3) is 0.250. The second-order valence-electron chi connectivity index (χ2n) is 10.5. The summed E-state index contributed by atoms with van der Waals surface area (Å²) in [6, 6.07) is 20.6. The number of ether oxygens (including phenoxy) is 2. The fourth-order valence-corrected chi connectivity index (χ4v) is 4.93. The molecule has 5 N–H and O–H groups in total. The number of benzene rings is 3. The Morgan fingerprint density at radius 2 is 1.77 bits per heavy atom. The number of carboxylic acids is 1. The van der Waals surface area contributed by atoms with E-state index >= 15 is 0 Å². The van der Waals surface area contributed by atoms with Crippen molar-refractivity contribution in [1.82, 2.24) is 14.7 Å². The van der Waals surface area contributed by atoms with Gasteiger partial charge < -0.3 is 29.7 Å². The molecule has 0 fully saturated rings. The molecule has 3 aromatic carbocycles. The van der Waals surface area contributed by atoms with Gasteiger partial charge in [-0.2, -0.15) is 5.12 Å². The zero-order valence-electron chi connectivity index (χ0n) is 26.1. The highest BCUT2D eigenvalue weighted by molar-refractivity contribution is 6.32. The number of nitrogens with zero attached hydrogens (tertiary/aromatic N) is 5. The molecular weight excluding hydrogens is 646 g/mol. The highest BCUT2D eigenvalue weighted by Crippen LogP contribution is 2.26. The van der Waals surface area contributed by atoms with E-state index in [0.717, 1.165) is 34.6 Å². The third-order valence-corrected chi connectivity index (χ3v) is 7.36. The van der Waals surface area contributed by atoms with Gasteiger partial charge in [-0.25, -0.2) is 20.4 Å². The number of rotatable bonds is 15. The van der Waals surface area contributed by atoms with Crippen molar-refractivity contribution in [2.75, 3.05) is 0 Å². The molecule has 0 aliphatic heterocycles. The number of aromatic nitrogens is 2. The van der Waals surface area contributed by atoms with Gasteiger partial charge in [0.2, 0.25) is 6.23 Å². The van der Waals surface area contributed by atoms with Crippen LogP contribution in [-0.4, -0.2) is 49.1 Å². The van der Waals surface area contributed by atoms with Gasteiger partial charge in [-0.1, -0.05) is 85.6 Å². The number of hydrogen-bond acceptors (Lipinski definition) is 11.